The van der Waals surface area contributed by atoms with Gasteiger partial charge in [-0.2, -0.15) is 13.2 Å². The second-order valence-corrected chi connectivity index (χ2v) is 8.02. The molecular weight excluding hydrogens is 465 g/mol. The Morgan fingerprint density at radius 1 is 0.800 bits per heavy atom. The number of alkyl halides is 3. The Labute approximate surface area is 199 Å². The van der Waals surface area contributed by atoms with Crippen molar-refractivity contribution >= 4 is 22.7 Å². The van der Waals surface area contributed by atoms with Gasteiger partial charge in [-0.25, -0.2) is 0 Å². The minimum atomic E-state index is -4.35. The van der Waals surface area contributed by atoms with Crippen molar-refractivity contribution in [2.75, 3.05) is 11.1 Å². The first-order chi connectivity index (χ1) is 16.2. The van der Waals surface area contributed by atoms with Crippen LogP contribution in [-0.4, -0.2) is 9.85 Å². The molecule has 0 amide bonds. The first-order valence-corrected chi connectivity index (χ1v) is 10.4. The van der Waals surface area contributed by atoms with E-state index in [9.17, 15) is 33.4 Å². The molecule has 0 spiro atoms. The highest BCUT2D eigenvalue weighted by Gasteiger charge is 2.29. The van der Waals surface area contributed by atoms with Crippen LogP contribution in [0.25, 0.3) is 0 Å². The molecule has 0 fully saturated rings. The van der Waals surface area contributed by atoms with Crippen molar-refractivity contribution in [2.45, 2.75) is 40.4 Å². The molecule has 186 valence electrons. The lowest BCUT2D eigenvalue weighted by molar-refractivity contribution is -0.386. The largest absolute Gasteiger partial charge is 0.416 e. The number of nitrogens with one attached hydrogen (secondary N) is 1. The lowest BCUT2D eigenvalue weighted by Gasteiger charge is -2.11. The summed E-state index contributed by atoms with van der Waals surface area (Å²) in [6.07, 6.45) is -4.35. The minimum absolute atomic E-state index is 0.0741. The normalized spacial score (nSPS) is 10.8. The fourth-order valence-corrected chi connectivity index (χ4v) is 3.64. The number of nitrogens with two attached hydrogens (primary N) is 1. The third-order valence-corrected chi connectivity index (χ3v) is 5.15. The topological polar surface area (TPSA) is 124 Å². The molecule has 0 bridgehead atoms. The third-order valence-electron chi connectivity index (χ3n) is 5.15. The molecule has 3 rings (SSSR count). The van der Waals surface area contributed by atoms with Gasteiger partial charge < -0.3 is 11.1 Å². The standard InChI is InChI=1S/C16H15F3N2O2.C8H10N2O2/c1-10-7-14(8-11(2)15(10)21(22)23)20-9-12-3-5-13(6-4-12)16(17,18)19;1-5-3-7(9)4-6(2)8(5)10(11)12/h3-8,20H,9H2,1-2H3;3-4H,9H2,1-2H3. The summed E-state index contributed by atoms with van der Waals surface area (Å²) in [6.45, 7) is 6.99. The van der Waals surface area contributed by atoms with Crippen molar-refractivity contribution < 1.29 is 23.0 Å². The van der Waals surface area contributed by atoms with Gasteiger partial charge in [0.2, 0.25) is 0 Å². The zero-order valence-corrected chi connectivity index (χ0v) is 19.6. The van der Waals surface area contributed by atoms with Crippen molar-refractivity contribution in [3.8, 4) is 0 Å². The van der Waals surface area contributed by atoms with Crippen LogP contribution in [0.1, 0.15) is 33.4 Å². The van der Waals surface area contributed by atoms with Gasteiger partial charge in [0.05, 0.1) is 15.4 Å². The van der Waals surface area contributed by atoms with Crippen LogP contribution in [0.3, 0.4) is 0 Å². The van der Waals surface area contributed by atoms with Gasteiger partial charge in [-0.3, -0.25) is 20.2 Å². The molecule has 8 nitrogen and oxygen atoms in total. The number of nitro groups is 2. The molecule has 35 heavy (non-hydrogen) atoms. The highest BCUT2D eigenvalue weighted by molar-refractivity contribution is 5.58. The smallest absolute Gasteiger partial charge is 0.399 e. The first kappa shape index (κ1) is 27.1. The molecule has 0 unspecified atom stereocenters. The van der Waals surface area contributed by atoms with E-state index in [1.54, 1.807) is 52.0 Å². The average molecular weight is 490 g/mol. The van der Waals surface area contributed by atoms with E-state index in [0.717, 1.165) is 12.1 Å². The Balaban J connectivity index is 0.000000303. The van der Waals surface area contributed by atoms with Crippen molar-refractivity contribution in [3.05, 3.63) is 102 Å². The van der Waals surface area contributed by atoms with E-state index in [-0.39, 0.29) is 16.3 Å². The highest BCUT2D eigenvalue weighted by Crippen LogP contribution is 2.30. The van der Waals surface area contributed by atoms with Gasteiger partial charge in [-0.15, -0.1) is 0 Å². The number of halogens is 3. The van der Waals surface area contributed by atoms with Crippen molar-refractivity contribution in [1.29, 1.82) is 0 Å². The van der Waals surface area contributed by atoms with Crippen LogP contribution in [0.15, 0.2) is 48.5 Å². The molecule has 0 radical (unpaired) electrons. The summed E-state index contributed by atoms with van der Waals surface area (Å²) in [5.41, 5.74) is 9.27. The number of benzene rings is 3. The van der Waals surface area contributed by atoms with Crippen LogP contribution >= 0.6 is 0 Å². The average Bonchev–Trinajstić information content (AvgIpc) is 2.70. The van der Waals surface area contributed by atoms with Gasteiger partial charge in [0.1, 0.15) is 0 Å². The number of hydrogen-bond acceptors (Lipinski definition) is 6. The van der Waals surface area contributed by atoms with Gasteiger partial charge in [-0.05, 0) is 69.7 Å². The van der Waals surface area contributed by atoms with Gasteiger partial charge >= 0.3 is 6.18 Å². The Bertz CT molecular complexity index is 1200. The molecule has 3 aromatic rings. The number of aryl methyl sites for hydroxylation is 4. The maximum Gasteiger partial charge on any atom is 0.416 e. The predicted molar refractivity (Wildman–Crippen MR) is 128 cm³/mol. The van der Waals surface area contributed by atoms with Crippen LogP contribution in [0.4, 0.5) is 35.9 Å². The molecule has 0 heterocycles. The molecule has 3 aromatic carbocycles. The van der Waals surface area contributed by atoms with Gasteiger partial charge in [0.15, 0.2) is 0 Å². The summed E-state index contributed by atoms with van der Waals surface area (Å²) < 4.78 is 37.5. The van der Waals surface area contributed by atoms with E-state index in [1.165, 1.54) is 12.1 Å². The highest BCUT2D eigenvalue weighted by atomic mass is 19.4. The van der Waals surface area contributed by atoms with Crippen molar-refractivity contribution in [2.24, 2.45) is 0 Å². The van der Waals surface area contributed by atoms with Crippen LogP contribution in [0.5, 0.6) is 0 Å². The molecule has 0 saturated carbocycles. The van der Waals surface area contributed by atoms with Crippen LogP contribution in [0, 0.1) is 47.9 Å². The summed E-state index contributed by atoms with van der Waals surface area (Å²) in [4.78, 5) is 20.6. The summed E-state index contributed by atoms with van der Waals surface area (Å²) in [5, 5.41) is 24.5. The van der Waals surface area contributed by atoms with Crippen LogP contribution < -0.4 is 11.1 Å². The lowest BCUT2D eigenvalue weighted by Crippen LogP contribution is -2.06. The Morgan fingerprint density at radius 2 is 1.20 bits per heavy atom. The number of rotatable bonds is 5. The molecule has 11 heteroatoms. The molecular formula is C24H25F3N4O4. The van der Waals surface area contributed by atoms with Gasteiger partial charge in [0, 0.05) is 40.2 Å². The third kappa shape index (κ3) is 7.16. The quantitative estimate of drug-likeness (QED) is 0.235. The molecule has 0 aliphatic carbocycles. The Kier molecular flexibility index (Phi) is 8.40. The molecule has 0 aliphatic rings. The predicted octanol–water partition coefficient (Wildman–Crippen LogP) is 6.64. The van der Waals surface area contributed by atoms with E-state index in [4.69, 9.17) is 5.73 Å². The van der Waals surface area contributed by atoms with Gasteiger partial charge in [0.25, 0.3) is 11.4 Å². The van der Waals surface area contributed by atoms with Crippen LogP contribution in [-0.2, 0) is 12.7 Å². The van der Waals surface area contributed by atoms with E-state index < -0.39 is 16.7 Å². The number of anilines is 2. The van der Waals surface area contributed by atoms with Crippen molar-refractivity contribution in [3.63, 3.8) is 0 Å². The summed E-state index contributed by atoms with van der Waals surface area (Å²) >= 11 is 0. The monoisotopic (exact) mass is 490 g/mol. The summed E-state index contributed by atoms with van der Waals surface area (Å²) in [7, 11) is 0. The number of nitrogens with zero attached hydrogens (tertiary/aromatic N) is 2. The Morgan fingerprint density at radius 3 is 1.57 bits per heavy atom. The number of nitro benzene ring substituents is 2. The van der Waals surface area contributed by atoms with Crippen LogP contribution in [0.2, 0.25) is 0 Å². The van der Waals surface area contributed by atoms with E-state index in [1.807, 2.05) is 0 Å². The zero-order valence-electron chi connectivity index (χ0n) is 19.6. The Hall–Kier alpha value is -4.15. The minimum Gasteiger partial charge on any atom is -0.399 e. The van der Waals surface area contributed by atoms with E-state index >= 15 is 0 Å². The fourth-order valence-electron chi connectivity index (χ4n) is 3.64. The second-order valence-electron chi connectivity index (χ2n) is 8.02. The van der Waals surface area contributed by atoms with Crippen molar-refractivity contribution in [1.82, 2.24) is 0 Å². The van der Waals surface area contributed by atoms with E-state index in [2.05, 4.69) is 5.32 Å². The first-order valence-electron chi connectivity index (χ1n) is 10.4. The maximum atomic E-state index is 12.5. The summed E-state index contributed by atoms with van der Waals surface area (Å²) in [5.74, 6) is 0. The number of nitrogen functional groups attached to an aromatic ring is 1. The van der Waals surface area contributed by atoms with E-state index in [0.29, 0.717) is 45.7 Å². The van der Waals surface area contributed by atoms with Gasteiger partial charge in [-0.1, -0.05) is 12.1 Å². The second kappa shape index (κ2) is 10.9. The molecule has 0 saturated heterocycles. The number of hydrogen-bond donors (Lipinski definition) is 2. The molecule has 0 aromatic heterocycles. The lowest BCUT2D eigenvalue weighted by atomic mass is 10.1. The maximum absolute atomic E-state index is 12.5. The molecule has 0 atom stereocenters. The molecule has 3 N–H and O–H groups in total. The zero-order chi connectivity index (χ0) is 26.5. The summed E-state index contributed by atoms with van der Waals surface area (Å²) in [6, 6.07) is 11.4. The SMILES string of the molecule is Cc1cc(N)cc(C)c1[N+](=O)[O-].Cc1cc(NCc2ccc(C(F)(F)F)cc2)cc(C)c1[N+](=O)[O-]. The fraction of sp³-hybridized carbons (Fsp3) is 0.250. The molecule has 0 aliphatic heterocycles.